The van der Waals surface area contributed by atoms with Gasteiger partial charge in [-0.1, -0.05) is 17.7 Å². The first-order chi connectivity index (χ1) is 10.0. The number of alkyl halides is 3. The first-order valence-electron chi connectivity index (χ1n) is 6.54. The Morgan fingerprint density at radius 2 is 2.00 bits per heavy atom. The zero-order chi connectivity index (χ0) is 16.7. The van der Waals surface area contributed by atoms with Gasteiger partial charge in [-0.25, -0.2) is 8.42 Å². The van der Waals surface area contributed by atoms with Crippen molar-refractivity contribution in [3.05, 3.63) is 28.3 Å². The van der Waals surface area contributed by atoms with E-state index in [1.807, 2.05) is 19.0 Å². The summed E-state index contributed by atoms with van der Waals surface area (Å²) in [7, 11) is -0.0898. The summed E-state index contributed by atoms with van der Waals surface area (Å²) in [5.41, 5.74) is -0.817. The minimum absolute atomic E-state index is 0.281. The van der Waals surface area contributed by atoms with Crippen LogP contribution in [0.15, 0.2) is 17.0 Å². The van der Waals surface area contributed by atoms with E-state index in [0.717, 1.165) is 6.07 Å². The summed E-state index contributed by atoms with van der Waals surface area (Å²) in [6, 6.07) is 1.49. The van der Waals surface area contributed by atoms with E-state index in [-0.39, 0.29) is 5.75 Å². The van der Waals surface area contributed by atoms with E-state index in [9.17, 15) is 21.6 Å². The van der Waals surface area contributed by atoms with Gasteiger partial charge in [0.15, 0.2) is 9.84 Å². The van der Waals surface area contributed by atoms with Crippen LogP contribution >= 0.6 is 11.6 Å². The second-order valence-corrected chi connectivity index (χ2v) is 7.78. The van der Waals surface area contributed by atoms with E-state index in [0.29, 0.717) is 18.7 Å². The van der Waals surface area contributed by atoms with Crippen LogP contribution in [-0.2, 0) is 16.0 Å². The minimum atomic E-state index is -4.68. The Morgan fingerprint density at radius 1 is 1.36 bits per heavy atom. The molecule has 0 radical (unpaired) electrons. The Balaban J connectivity index is 2.39. The topological polar surface area (TPSA) is 49.4 Å². The Bertz CT molecular complexity index is 675. The van der Waals surface area contributed by atoms with Crippen LogP contribution < -0.4 is 5.32 Å². The molecule has 1 atom stereocenters. The zero-order valence-electron chi connectivity index (χ0n) is 12.0. The van der Waals surface area contributed by atoms with Crippen molar-refractivity contribution >= 4 is 21.4 Å². The molecule has 1 aromatic rings. The van der Waals surface area contributed by atoms with Crippen molar-refractivity contribution < 1.29 is 21.6 Å². The quantitative estimate of drug-likeness (QED) is 0.899. The average Bonchev–Trinajstić information content (AvgIpc) is 2.60. The van der Waals surface area contributed by atoms with E-state index in [1.54, 1.807) is 0 Å². The van der Waals surface area contributed by atoms with Crippen molar-refractivity contribution in [1.82, 2.24) is 10.2 Å². The standard InChI is InChI=1S/C13H16ClF3N2O2S/c1-19(2)6-5-18-10-7-22(20,21)12-8(10)3-4-9(11(12)14)13(15,16)17/h3-4,10,18H,5-7H2,1-2H3. The summed E-state index contributed by atoms with van der Waals surface area (Å²) in [6.45, 7) is 1.20. The highest BCUT2D eigenvalue weighted by Gasteiger charge is 2.42. The molecule has 22 heavy (non-hydrogen) atoms. The third-order valence-electron chi connectivity index (χ3n) is 3.46. The van der Waals surface area contributed by atoms with Gasteiger partial charge in [0.25, 0.3) is 0 Å². The Kier molecular flexibility index (Phi) is 4.77. The average molecular weight is 357 g/mol. The molecule has 0 aromatic heterocycles. The number of fused-ring (bicyclic) bond motifs is 1. The maximum atomic E-state index is 12.9. The molecule has 1 aromatic carbocycles. The highest BCUT2D eigenvalue weighted by Crippen LogP contribution is 2.44. The van der Waals surface area contributed by atoms with Crippen LogP contribution in [0.5, 0.6) is 0 Å². The molecule has 1 unspecified atom stereocenters. The highest BCUT2D eigenvalue weighted by molar-refractivity contribution is 7.92. The van der Waals surface area contributed by atoms with Gasteiger partial charge in [-0.15, -0.1) is 0 Å². The van der Waals surface area contributed by atoms with Gasteiger partial charge in [0.2, 0.25) is 0 Å². The minimum Gasteiger partial charge on any atom is -0.308 e. The predicted octanol–water partition coefficient (Wildman–Crippen LogP) is 2.34. The summed E-state index contributed by atoms with van der Waals surface area (Å²) in [4.78, 5) is 1.52. The van der Waals surface area contributed by atoms with Crippen LogP contribution in [0.4, 0.5) is 13.2 Å². The lowest BCUT2D eigenvalue weighted by Crippen LogP contribution is -2.30. The molecule has 4 nitrogen and oxygen atoms in total. The molecule has 124 valence electrons. The van der Waals surface area contributed by atoms with Crippen LogP contribution in [0.25, 0.3) is 0 Å². The van der Waals surface area contributed by atoms with Crippen molar-refractivity contribution in [2.75, 3.05) is 32.9 Å². The van der Waals surface area contributed by atoms with Crippen LogP contribution in [-0.4, -0.2) is 46.3 Å². The van der Waals surface area contributed by atoms with Crippen LogP contribution in [0, 0.1) is 0 Å². The van der Waals surface area contributed by atoms with E-state index < -0.39 is 37.5 Å². The maximum Gasteiger partial charge on any atom is 0.417 e. The molecular formula is C13H16ClF3N2O2S. The molecule has 0 fully saturated rings. The molecule has 0 saturated heterocycles. The number of hydrogen-bond donors (Lipinski definition) is 1. The molecule has 1 aliphatic heterocycles. The van der Waals surface area contributed by atoms with Crippen molar-refractivity contribution in [3.8, 4) is 0 Å². The lowest BCUT2D eigenvalue weighted by molar-refractivity contribution is -0.137. The fourth-order valence-corrected chi connectivity index (χ4v) is 4.89. The number of benzene rings is 1. The van der Waals surface area contributed by atoms with E-state index >= 15 is 0 Å². The van der Waals surface area contributed by atoms with Crippen molar-refractivity contribution in [2.45, 2.75) is 17.1 Å². The fourth-order valence-electron chi connectivity index (χ4n) is 2.40. The molecule has 0 aliphatic carbocycles. The van der Waals surface area contributed by atoms with Crippen LogP contribution in [0.2, 0.25) is 5.02 Å². The number of rotatable bonds is 4. The Morgan fingerprint density at radius 3 is 2.55 bits per heavy atom. The summed E-state index contributed by atoms with van der Waals surface area (Å²) in [6.07, 6.45) is -4.68. The fraction of sp³-hybridized carbons (Fsp3) is 0.538. The third kappa shape index (κ3) is 3.40. The van der Waals surface area contributed by atoms with Gasteiger partial charge in [-0.3, -0.25) is 0 Å². The Labute approximate surface area is 132 Å². The van der Waals surface area contributed by atoms with Gasteiger partial charge < -0.3 is 10.2 Å². The number of nitrogens with one attached hydrogen (secondary N) is 1. The summed E-state index contributed by atoms with van der Waals surface area (Å²) in [5, 5.41) is 2.32. The van der Waals surface area contributed by atoms with Crippen molar-refractivity contribution in [3.63, 3.8) is 0 Å². The molecule has 1 heterocycles. The molecule has 0 amide bonds. The molecule has 9 heteroatoms. The van der Waals surface area contributed by atoms with Crippen molar-refractivity contribution in [1.29, 1.82) is 0 Å². The van der Waals surface area contributed by atoms with Gasteiger partial charge in [0.05, 0.1) is 21.2 Å². The van der Waals surface area contributed by atoms with E-state index in [4.69, 9.17) is 11.6 Å². The number of sulfone groups is 1. The predicted molar refractivity (Wildman–Crippen MR) is 77.8 cm³/mol. The molecule has 0 bridgehead atoms. The number of halogens is 4. The van der Waals surface area contributed by atoms with Gasteiger partial charge in [0.1, 0.15) is 0 Å². The lowest BCUT2D eigenvalue weighted by Gasteiger charge is -2.16. The smallest absolute Gasteiger partial charge is 0.308 e. The second-order valence-electron chi connectivity index (χ2n) is 5.43. The largest absolute Gasteiger partial charge is 0.417 e. The molecule has 1 aliphatic rings. The molecular weight excluding hydrogens is 341 g/mol. The zero-order valence-corrected chi connectivity index (χ0v) is 13.6. The number of hydrogen-bond acceptors (Lipinski definition) is 4. The SMILES string of the molecule is CN(C)CCNC1CS(=O)(=O)c2c1ccc(C(F)(F)F)c2Cl. The molecule has 0 spiro atoms. The number of likely N-dealkylation sites (N-methyl/N-ethyl adjacent to an activating group) is 1. The lowest BCUT2D eigenvalue weighted by atomic mass is 10.1. The third-order valence-corrected chi connectivity index (χ3v) is 5.79. The van der Waals surface area contributed by atoms with Crippen LogP contribution in [0.3, 0.4) is 0 Å². The first-order valence-corrected chi connectivity index (χ1v) is 8.57. The Hall–Kier alpha value is -0.830. The molecule has 1 N–H and O–H groups in total. The van der Waals surface area contributed by atoms with E-state index in [1.165, 1.54) is 6.07 Å². The van der Waals surface area contributed by atoms with Crippen LogP contribution in [0.1, 0.15) is 17.2 Å². The molecule has 2 rings (SSSR count). The highest BCUT2D eigenvalue weighted by atomic mass is 35.5. The maximum absolute atomic E-state index is 12.9. The van der Waals surface area contributed by atoms with Gasteiger partial charge in [0, 0.05) is 19.1 Å². The summed E-state index contributed by atoms with van der Waals surface area (Å²) >= 11 is 5.74. The monoisotopic (exact) mass is 356 g/mol. The van der Waals surface area contributed by atoms with Gasteiger partial charge in [-0.2, -0.15) is 13.2 Å². The summed E-state index contributed by atoms with van der Waals surface area (Å²) < 4.78 is 62.9. The second kappa shape index (κ2) is 5.99. The number of nitrogens with zero attached hydrogens (tertiary/aromatic N) is 1. The van der Waals surface area contributed by atoms with Gasteiger partial charge in [-0.05, 0) is 25.7 Å². The van der Waals surface area contributed by atoms with Gasteiger partial charge >= 0.3 is 6.18 Å². The normalized spacial score (nSPS) is 20.4. The van der Waals surface area contributed by atoms with Crippen molar-refractivity contribution in [2.24, 2.45) is 0 Å². The molecule has 0 saturated carbocycles. The van der Waals surface area contributed by atoms with E-state index in [2.05, 4.69) is 5.32 Å². The first kappa shape index (κ1) is 17.5. The summed E-state index contributed by atoms with van der Waals surface area (Å²) in [5.74, 6) is -0.281.